The molecule has 2 aliphatic rings. The van der Waals surface area contributed by atoms with Crippen molar-refractivity contribution in [3.8, 4) is 11.5 Å². The molecule has 0 radical (unpaired) electrons. The lowest BCUT2D eigenvalue weighted by Crippen LogP contribution is -2.29. The minimum atomic E-state index is -0.863. The summed E-state index contributed by atoms with van der Waals surface area (Å²) in [5, 5.41) is 11.8. The molecule has 1 amide bonds. The summed E-state index contributed by atoms with van der Waals surface area (Å²) in [6.45, 7) is 2.86. The van der Waals surface area contributed by atoms with E-state index in [0.29, 0.717) is 41.0 Å². The van der Waals surface area contributed by atoms with E-state index in [9.17, 15) is 14.7 Å². The van der Waals surface area contributed by atoms with Gasteiger partial charge in [0, 0.05) is 17.3 Å². The zero-order chi connectivity index (χ0) is 24.7. The Labute approximate surface area is 212 Å². The molecule has 2 aliphatic heterocycles. The Kier molecular flexibility index (Phi) is 6.17. The topological polar surface area (TPSA) is 76.1 Å². The van der Waals surface area contributed by atoms with E-state index in [1.165, 1.54) is 17.0 Å². The van der Waals surface area contributed by atoms with Gasteiger partial charge in [0.2, 0.25) is 0 Å². The predicted octanol–water partition coefficient (Wildman–Crippen LogP) is 5.95. The van der Waals surface area contributed by atoms with Crippen LogP contribution in [-0.2, 0) is 16.0 Å². The summed E-state index contributed by atoms with van der Waals surface area (Å²) in [4.78, 5) is 28.1. The highest BCUT2D eigenvalue weighted by Gasteiger charge is 2.47. The zero-order valence-corrected chi connectivity index (χ0v) is 20.3. The first kappa shape index (κ1) is 23.3. The van der Waals surface area contributed by atoms with E-state index in [0.717, 1.165) is 12.0 Å². The summed E-state index contributed by atoms with van der Waals surface area (Å²) >= 11 is 12.2. The maximum atomic E-state index is 13.4. The van der Waals surface area contributed by atoms with E-state index >= 15 is 0 Å². The summed E-state index contributed by atoms with van der Waals surface area (Å²) in [5.74, 6) is -0.830. The third-order valence-electron chi connectivity index (χ3n) is 6.15. The lowest BCUT2D eigenvalue weighted by molar-refractivity contribution is -0.132. The van der Waals surface area contributed by atoms with Crippen molar-refractivity contribution in [3.63, 3.8) is 0 Å². The number of ether oxygens (including phenoxy) is 2. The predicted molar refractivity (Wildman–Crippen MR) is 134 cm³/mol. The Morgan fingerprint density at radius 1 is 0.943 bits per heavy atom. The molecule has 3 aromatic carbocycles. The van der Waals surface area contributed by atoms with Crippen molar-refractivity contribution in [2.75, 3.05) is 18.1 Å². The SMILES string of the molecule is CCc1ccc(C2/C(=C(\O)c3ccc(Cl)c(Cl)c3)C(=O)C(=O)N2c2ccc3c(c2)OCCO3)cc1. The number of halogens is 2. The Morgan fingerprint density at radius 3 is 2.34 bits per heavy atom. The van der Waals surface area contributed by atoms with Crippen molar-refractivity contribution in [2.24, 2.45) is 0 Å². The van der Waals surface area contributed by atoms with E-state index in [1.807, 2.05) is 31.2 Å². The Bertz CT molecular complexity index is 1370. The van der Waals surface area contributed by atoms with Crippen molar-refractivity contribution >= 4 is 46.3 Å². The van der Waals surface area contributed by atoms with E-state index in [4.69, 9.17) is 32.7 Å². The number of hydrogen-bond donors (Lipinski definition) is 1. The lowest BCUT2D eigenvalue weighted by atomic mass is 9.94. The van der Waals surface area contributed by atoms with Gasteiger partial charge in [0.1, 0.15) is 19.0 Å². The summed E-state index contributed by atoms with van der Waals surface area (Å²) < 4.78 is 11.3. The smallest absolute Gasteiger partial charge is 0.300 e. The molecule has 1 N–H and O–H groups in total. The van der Waals surface area contributed by atoms with Gasteiger partial charge in [0.15, 0.2) is 11.5 Å². The molecular weight excluding hydrogens is 489 g/mol. The van der Waals surface area contributed by atoms with Crippen LogP contribution in [0.4, 0.5) is 5.69 Å². The van der Waals surface area contributed by atoms with Gasteiger partial charge in [-0.2, -0.15) is 0 Å². The summed E-state index contributed by atoms with van der Waals surface area (Å²) in [7, 11) is 0. The number of benzene rings is 3. The van der Waals surface area contributed by atoms with Gasteiger partial charge in [-0.3, -0.25) is 14.5 Å². The first-order valence-electron chi connectivity index (χ1n) is 11.1. The van der Waals surface area contributed by atoms with Gasteiger partial charge in [0.05, 0.1) is 21.7 Å². The normalized spacial score (nSPS) is 18.7. The number of hydrogen-bond acceptors (Lipinski definition) is 5. The van der Waals surface area contributed by atoms with Gasteiger partial charge < -0.3 is 14.6 Å². The number of carbonyl (C=O) groups excluding carboxylic acids is 2. The van der Waals surface area contributed by atoms with Gasteiger partial charge in [0.25, 0.3) is 11.7 Å². The second-order valence-corrected chi connectivity index (χ2v) is 9.04. The Balaban J connectivity index is 1.69. The van der Waals surface area contributed by atoms with Crippen LogP contribution in [-0.4, -0.2) is 30.0 Å². The molecule has 178 valence electrons. The van der Waals surface area contributed by atoms with Gasteiger partial charge in [-0.1, -0.05) is 54.4 Å². The zero-order valence-electron chi connectivity index (χ0n) is 18.8. The monoisotopic (exact) mass is 509 g/mol. The minimum absolute atomic E-state index is 0.0347. The molecule has 0 bridgehead atoms. The van der Waals surface area contributed by atoms with Crippen LogP contribution >= 0.6 is 23.2 Å². The molecule has 1 fully saturated rings. The largest absolute Gasteiger partial charge is 0.507 e. The van der Waals surface area contributed by atoms with E-state index in [-0.39, 0.29) is 21.9 Å². The van der Waals surface area contributed by atoms with Crippen LogP contribution in [0.5, 0.6) is 11.5 Å². The van der Waals surface area contributed by atoms with Crippen LogP contribution in [0.2, 0.25) is 10.0 Å². The van der Waals surface area contributed by atoms with E-state index < -0.39 is 17.7 Å². The highest BCUT2D eigenvalue weighted by Crippen LogP contribution is 2.44. The molecule has 1 unspecified atom stereocenters. The Morgan fingerprint density at radius 2 is 1.66 bits per heavy atom. The van der Waals surface area contributed by atoms with Crippen LogP contribution in [0.15, 0.2) is 66.2 Å². The molecule has 5 rings (SSSR count). The van der Waals surface area contributed by atoms with Crippen LogP contribution in [0.3, 0.4) is 0 Å². The van der Waals surface area contributed by atoms with Crippen molar-refractivity contribution < 1.29 is 24.2 Å². The highest BCUT2D eigenvalue weighted by molar-refractivity contribution is 6.51. The first-order valence-corrected chi connectivity index (χ1v) is 11.9. The third-order valence-corrected chi connectivity index (χ3v) is 6.88. The average Bonchev–Trinajstić information content (AvgIpc) is 3.15. The number of ketones is 1. The molecule has 1 atom stereocenters. The molecule has 3 aromatic rings. The van der Waals surface area contributed by atoms with Crippen molar-refractivity contribution in [2.45, 2.75) is 19.4 Å². The number of rotatable bonds is 4. The number of anilines is 1. The summed E-state index contributed by atoms with van der Waals surface area (Å²) in [6, 6.07) is 16.4. The fourth-order valence-electron chi connectivity index (χ4n) is 4.33. The lowest BCUT2D eigenvalue weighted by Gasteiger charge is -2.27. The Hall–Kier alpha value is -3.48. The van der Waals surface area contributed by atoms with E-state index in [1.54, 1.807) is 24.3 Å². The molecule has 0 spiro atoms. The van der Waals surface area contributed by atoms with Gasteiger partial charge >= 0.3 is 0 Å². The molecule has 1 saturated heterocycles. The molecule has 35 heavy (non-hydrogen) atoms. The summed E-state index contributed by atoms with van der Waals surface area (Å²) in [6.07, 6.45) is 0.839. The number of aliphatic hydroxyl groups excluding tert-OH is 1. The van der Waals surface area contributed by atoms with Crippen LogP contribution < -0.4 is 14.4 Å². The first-order chi connectivity index (χ1) is 16.9. The minimum Gasteiger partial charge on any atom is -0.507 e. The van der Waals surface area contributed by atoms with Gasteiger partial charge in [-0.15, -0.1) is 0 Å². The fraction of sp³-hybridized carbons (Fsp3) is 0.185. The number of carbonyl (C=O) groups is 2. The molecular formula is C27H21Cl2NO5. The van der Waals surface area contributed by atoms with Gasteiger partial charge in [-0.25, -0.2) is 0 Å². The fourth-order valence-corrected chi connectivity index (χ4v) is 4.63. The number of amides is 1. The standard InChI is InChI=1S/C27H21Cl2NO5/c1-2-15-3-5-16(6-4-15)24-23(25(31)17-7-9-19(28)20(29)13-17)26(32)27(33)30(24)18-8-10-21-22(14-18)35-12-11-34-21/h3-10,13-14,24,31H,2,11-12H2,1H3/b25-23+. The molecule has 0 aliphatic carbocycles. The quantitative estimate of drug-likeness (QED) is 0.267. The molecule has 6 nitrogen and oxygen atoms in total. The van der Waals surface area contributed by atoms with E-state index in [2.05, 4.69) is 0 Å². The average molecular weight is 510 g/mol. The number of aryl methyl sites for hydroxylation is 1. The van der Waals surface area contributed by atoms with Crippen molar-refractivity contribution in [1.82, 2.24) is 0 Å². The van der Waals surface area contributed by atoms with Crippen molar-refractivity contribution in [1.29, 1.82) is 0 Å². The molecule has 0 aromatic heterocycles. The number of aliphatic hydroxyl groups is 1. The second-order valence-electron chi connectivity index (χ2n) is 8.22. The number of Topliss-reactive ketones (excluding diaryl/α,β-unsaturated/α-hetero) is 1. The number of fused-ring (bicyclic) bond motifs is 1. The maximum Gasteiger partial charge on any atom is 0.300 e. The number of nitrogens with zero attached hydrogens (tertiary/aromatic N) is 1. The summed E-state index contributed by atoms with van der Waals surface area (Å²) in [5.41, 5.74) is 2.49. The van der Waals surface area contributed by atoms with Crippen molar-refractivity contribution in [3.05, 3.63) is 93.0 Å². The third kappa shape index (κ3) is 4.13. The van der Waals surface area contributed by atoms with Crippen LogP contribution in [0.1, 0.15) is 29.7 Å². The highest BCUT2D eigenvalue weighted by atomic mass is 35.5. The molecule has 8 heteroatoms. The molecule has 0 saturated carbocycles. The second kappa shape index (κ2) is 9.29. The van der Waals surface area contributed by atoms with Crippen LogP contribution in [0, 0.1) is 0 Å². The van der Waals surface area contributed by atoms with Gasteiger partial charge in [-0.05, 0) is 47.9 Å². The van der Waals surface area contributed by atoms with Crippen LogP contribution in [0.25, 0.3) is 5.76 Å². The molecule has 2 heterocycles. The maximum absolute atomic E-state index is 13.4.